The number of carbonyl (C=O) groups is 2. The monoisotopic (exact) mass is 194 g/mol. The second-order valence-corrected chi connectivity index (χ2v) is 3.86. The molecule has 2 aliphatic rings. The van der Waals surface area contributed by atoms with Crippen molar-refractivity contribution in [1.29, 1.82) is 0 Å². The first-order chi connectivity index (χ1) is 6.75. The first-order valence-corrected chi connectivity index (χ1v) is 5.13. The highest BCUT2D eigenvalue weighted by Crippen LogP contribution is 2.53. The third-order valence-corrected chi connectivity index (χ3v) is 3.03. The molecule has 2 aliphatic carbocycles. The first-order valence-electron chi connectivity index (χ1n) is 5.13. The highest BCUT2D eigenvalue weighted by Gasteiger charge is 2.55. The quantitative estimate of drug-likeness (QED) is 0.387. The largest absolute Gasteiger partial charge is 0.460 e. The second kappa shape index (κ2) is 3.56. The maximum absolute atomic E-state index is 11.6. The third-order valence-electron chi connectivity index (χ3n) is 3.03. The molecule has 1 saturated carbocycles. The lowest BCUT2D eigenvalue weighted by Crippen LogP contribution is -2.20. The summed E-state index contributed by atoms with van der Waals surface area (Å²) in [6.45, 7) is 1.99. The van der Waals surface area contributed by atoms with Crippen LogP contribution in [0.4, 0.5) is 0 Å². The Morgan fingerprint density at radius 2 is 2.29 bits per heavy atom. The smallest absolute Gasteiger partial charge is 0.374 e. The van der Waals surface area contributed by atoms with Crippen molar-refractivity contribution in [1.82, 2.24) is 0 Å². The van der Waals surface area contributed by atoms with Crippen LogP contribution in [0.5, 0.6) is 0 Å². The highest BCUT2D eigenvalue weighted by molar-refractivity contribution is 6.35. The molecule has 3 heteroatoms. The van der Waals surface area contributed by atoms with Crippen molar-refractivity contribution < 1.29 is 14.3 Å². The van der Waals surface area contributed by atoms with E-state index in [-0.39, 0.29) is 18.3 Å². The Bertz CT molecular complexity index is 293. The number of rotatable bonds is 3. The molecule has 0 aromatic heterocycles. The lowest BCUT2D eigenvalue weighted by Gasteiger charge is -1.99. The lowest BCUT2D eigenvalue weighted by atomic mass is 10.1. The Labute approximate surface area is 83.1 Å². The Kier molecular flexibility index (Phi) is 2.40. The van der Waals surface area contributed by atoms with Crippen molar-refractivity contribution >= 4 is 11.8 Å². The minimum Gasteiger partial charge on any atom is -0.460 e. The molecule has 14 heavy (non-hydrogen) atoms. The molecule has 0 amide bonds. The predicted molar refractivity (Wildman–Crippen MR) is 50.5 cm³/mol. The number of allylic oxidation sites excluding steroid dienone is 2. The van der Waals surface area contributed by atoms with Crippen molar-refractivity contribution in [2.75, 3.05) is 6.61 Å². The minimum atomic E-state index is -0.652. The fourth-order valence-electron chi connectivity index (χ4n) is 2.28. The van der Waals surface area contributed by atoms with Gasteiger partial charge >= 0.3 is 5.97 Å². The molecule has 0 spiro atoms. The molecule has 3 nitrogen and oxygen atoms in total. The van der Waals surface area contributed by atoms with E-state index in [9.17, 15) is 9.59 Å². The van der Waals surface area contributed by atoms with Gasteiger partial charge in [-0.05, 0) is 31.6 Å². The number of hydrogen-bond acceptors (Lipinski definition) is 3. The number of ether oxygens (including phenoxy) is 1. The van der Waals surface area contributed by atoms with Crippen LogP contribution in [0.25, 0.3) is 0 Å². The fraction of sp³-hybridized carbons (Fsp3) is 0.636. The SMILES string of the molecule is CCOC(=O)C(=O)[C@H]1[C@@H]2C=CCC[C@@H]21. The summed E-state index contributed by atoms with van der Waals surface area (Å²) in [7, 11) is 0. The zero-order valence-corrected chi connectivity index (χ0v) is 8.23. The molecular weight excluding hydrogens is 180 g/mol. The van der Waals surface area contributed by atoms with Gasteiger partial charge in [-0.3, -0.25) is 4.79 Å². The summed E-state index contributed by atoms with van der Waals surface area (Å²) in [6.07, 6.45) is 6.24. The van der Waals surface area contributed by atoms with E-state index in [1.807, 2.05) is 0 Å². The summed E-state index contributed by atoms with van der Waals surface area (Å²) in [4.78, 5) is 22.7. The van der Waals surface area contributed by atoms with Crippen molar-refractivity contribution in [3.63, 3.8) is 0 Å². The van der Waals surface area contributed by atoms with Gasteiger partial charge < -0.3 is 4.74 Å². The summed E-state index contributed by atoms with van der Waals surface area (Å²) in [5.41, 5.74) is 0. The molecule has 0 bridgehead atoms. The van der Waals surface area contributed by atoms with E-state index in [1.165, 1.54) is 0 Å². The van der Waals surface area contributed by atoms with E-state index in [0.717, 1.165) is 12.8 Å². The number of esters is 1. The Morgan fingerprint density at radius 1 is 1.50 bits per heavy atom. The van der Waals surface area contributed by atoms with Gasteiger partial charge in [0, 0.05) is 5.92 Å². The second-order valence-electron chi connectivity index (χ2n) is 3.86. The van der Waals surface area contributed by atoms with Crippen LogP contribution in [0.3, 0.4) is 0 Å². The van der Waals surface area contributed by atoms with Crippen LogP contribution in [-0.2, 0) is 14.3 Å². The van der Waals surface area contributed by atoms with Gasteiger partial charge in [0.2, 0.25) is 5.78 Å². The van der Waals surface area contributed by atoms with Crippen molar-refractivity contribution in [2.45, 2.75) is 19.8 Å². The van der Waals surface area contributed by atoms with Gasteiger partial charge in [0.05, 0.1) is 6.61 Å². The fourth-order valence-corrected chi connectivity index (χ4v) is 2.28. The summed E-state index contributed by atoms with van der Waals surface area (Å²) in [5, 5.41) is 0. The average molecular weight is 194 g/mol. The topological polar surface area (TPSA) is 43.4 Å². The molecule has 0 aromatic rings. The summed E-state index contributed by atoms with van der Waals surface area (Å²) >= 11 is 0. The maximum atomic E-state index is 11.6. The van der Waals surface area contributed by atoms with Crippen LogP contribution >= 0.6 is 0 Å². The van der Waals surface area contributed by atoms with E-state index >= 15 is 0 Å². The van der Waals surface area contributed by atoms with Crippen molar-refractivity contribution in [3.8, 4) is 0 Å². The molecule has 0 saturated heterocycles. The van der Waals surface area contributed by atoms with Crippen molar-refractivity contribution in [3.05, 3.63) is 12.2 Å². The molecule has 0 N–H and O–H groups in total. The molecule has 1 fully saturated rings. The molecule has 0 aromatic carbocycles. The Hall–Kier alpha value is -1.12. The van der Waals surface area contributed by atoms with E-state index in [2.05, 4.69) is 12.2 Å². The van der Waals surface area contributed by atoms with Crippen LogP contribution in [0, 0.1) is 17.8 Å². The molecule has 76 valence electrons. The van der Waals surface area contributed by atoms with Crippen LogP contribution in [0.2, 0.25) is 0 Å². The van der Waals surface area contributed by atoms with Crippen molar-refractivity contribution in [2.24, 2.45) is 17.8 Å². The summed E-state index contributed by atoms with van der Waals surface area (Å²) in [6, 6.07) is 0. The normalized spacial score (nSPS) is 33.4. The van der Waals surface area contributed by atoms with Crippen LogP contribution in [0.15, 0.2) is 12.2 Å². The maximum Gasteiger partial charge on any atom is 0.374 e. The van der Waals surface area contributed by atoms with Gasteiger partial charge in [0.15, 0.2) is 0 Å². The molecule has 0 unspecified atom stereocenters. The van der Waals surface area contributed by atoms with Crippen LogP contribution < -0.4 is 0 Å². The van der Waals surface area contributed by atoms with E-state index < -0.39 is 5.97 Å². The molecule has 0 aliphatic heterocycles. The van der Waals surface area contributed by atoms with Gasteiger partial charge in [0.1, 0.15) is 0 Å². The number of Topliss-reactive ketones (excluding diaryl/α,β-unsaturated/α-hetero) is 1. The molecular formula is C11H14O3. The van der Waals surface area contributed by atoms with E-state index in [0.29, 0.717) is 11.8 Å². The van der Waals surface area contributed by atoms with E-state index in [1.54, 1.807) is 6.92 Å². The summed E-state index contributed by atoms with van der Waals surface area (Å²) in [5.74, 6) is -0.320. The molecule has 0 heterocycles. The number of carbonyl (C=O) groups excluding carboxylic acids is 2. The molecule has 3 atom stereocenters. The summed E-state index contributed by atoms with van der Waals surface area (Å²) < 4.78 is 4.70. The van der Waals surface area contributed by atoms with Gasteiger partial charge in [-0.25, -0.2) is 4.79 Å². The number of ketones is 1. The van der Waals surface area contributed by atoms with E-state index in [4.69, 9.17) is 4.74 Å². The van der Waals surface area contributed by atoms with Gasteiger partial charge in [-0.2, -0.15) is 0 Å². The van der Waals surface area contributed by atoms with Crippen LogP contribution in [-0.4, -0.2) is 18.4 Å². The molecule has 0 radical (unpaired) electrons. The zero-order valence-electron chi connectivity index (χ0n) is 8.23. The standard InChI is InChI=1S/C11H14O3/c1-2-14-11(13)10(12)9-7-5-3-4-6-8(7)9/h3,5,7-9H,2,4,6H2,1H3/t7-,8+,9+/m1/s1. The van der Waals surface area contributed by atoms with Crippen LogP contribution in [0.1, 0.15) is 19.8 Å². The average Bonchev–Trinajstić information content (AvgIpc) is 2.91. The van der Waals surface area contributed by atoms with Gasteiger partial charge in [-0.1, -0.05) is 12.2 Å². The predicted octanol–water partition coefficient (Wildman–Crippen LogP) is 1.33. The Morgan fingerprint density at radius 3 is 2.86 bits per heavy atom. The van der Waals surface area contributed by atoms with Gasteiger partial charge in [-0.15, -0.1) is 0 Å². The molecule has 2 rings (SSSR count). The Balaban J connectivity index is 1.95. The minimum absolute atomic E-state index is 0.0761. The third kappa shape index (κ3) is 1.47. The van der Waals surface area contributed by atoms with Gasteiger partial charge in [0.25, 0.3) is 0 Å². The highest BCUT2D eigenvalue weighted by atomic mass is 16.5. The first kappa shape index (κ1) is 9.44. The lowest BCUT2D eigenvalue weighted by molar-refractivity contribution is -0.154. The number of fused-ring (bicyclic) bond motifs is 1. The zero-order chi connectivity index (χ0) is 10.1. The number of hydrogen-bond donors (Lipinski definition) is 0.